The van der Waals surface area contributed by atoms with Crippen molar-refractivity contribution in [2.75, 3.05) is 7.11 Å². The van der Waals surface area contributed by atoms with E-state index in [1.165, 1.54) is 7.11 Å². The Kier molecular flexibility index (Phi) is 6.90. The maximum atomic E-state index is 12.4. The summed E-state index contributed by atoms with van der Waals surface area (Å²) in [6.07, 6.45) is 0. The molecule has 0 saturated heterocycles. The van der Waals surface area contributed by atoms with E-state index in [0.29, 0.717) is 32.6 Å². The Morgan fingerprint density at radius 2 is 1.73 bits per heavy atom. The monoisotopic (exact) mass is 448 g/mol. The van der Waals surface area contributed by atoms with Crippen molar-refractivity contribution in [3.8, 4) is 5.75 Å². The van der Waals surface area contributed by atoms with Gasteiger partial charge in [0, 0.05) is 21.3 Å². The fraction of sp³-hybridized carbons (Fsp3) is 0.273. The first-order chi connectivity index (χ1) is 14.3. The van der Waals surface area contributed by atoms with Crippen LogP contribution < -0.4 is 15.4 Å². The van der Waals surface area contributed by atoms with E-state index in [1.807, 2.05) is 13.8 Å². The molecule has 1 unspecified atom stereocenters. The Morgan fingerprint density at radius 3 is 2.30 bits per heavy atom. The van der Waals surface area contributed by atoms with Gasteiger partial charge in [0.1, 0.15) is 12.4 Å². The van der Waals surface area contributed by atoms with Crippen molar-refractivity contribution in [2.24, 2.45) is 5.92 Å². The summed E-state index contributed by atoms with van der Waals surface area (Å²) in [5, 5.41) is 6.58. The molecule has 2 aromatic carbocycles. The molecule has 1 aliphatic heterocycles. The number of carbonyl (C=O) groups is 2. The number of methoxy groups -OCH3 is 1. The molecule has 1 atom stereocenters. The van der Waals surface area contributed by atoms with Gasteiger partial charge in [0.2, 0.25) is 0 Å². The van der Waals surface area contributed by atoms with Gasteiger partial charge in [0.15, 0.2) is 0 Å². The summed E-state index contributed by atoms with van der Waals surface area (Å²) in [5.74, 6) is 0.0446. The van der Waals surface area contributed by atoms with Crippen LogP contribution in [-0.4, -0.2) is 19.1 Å². The molecule has 30 heavy (non-hydrogen) atoms. The summed E-state index contributed by atoms with van der Waals surface area (Å²) in [5.41, 5.74) is 2.35. The number of hydrogen-bond acceptors (Lipinski definition) is 4. The van der Waals surface area contributed by atoms with E-state index in [-0.39, 0.29) is 18.6 Å². The molecule has 0 fully saturated rings. The lowest BCUT2D eigenvalue weighted by Gasteiger charge is -2.30. The van der Waals surface area contributed by atoms with Crippen molar-refractivity contribution in [1.82, 2.24) is 10.6 Å². The first kappa shape index (κ1) is 22.0. The smallest absolute Gasteiger partial charge is 0.337 e. The van der Waals surface area contributed by atoms with Gasteiger partial charge in [-0.15, -0.1) is 0 Å². The Balaban J connectivity index is 1.84. The van der Waals surface area contributed by atoms with Crippen LogP contribution in [0.4, 0.5) is 4.79 Å². The maximum absolute atomic E-state index is 12.4. The quantitative estimate of drug-likeness (QED) is 0.608. The first-order valence-corrected chi connectivity index (χ1v) is 10.1. The van der Waals surface area contributed by atoms with Crippen LogP contribution in [0.25, 0.3) is 0 Å². The molecule has 0 bridgehead atoms. The molecule has 0 aliphatic carbocycles. The zero-order valence-electron chi connectivity index (χ0n) is 16.8. The largest absolute Gasteiger partial charge is 0.489 e. The minimum absolute atomic E-state index is 0.0596. The lowest BCUT2D eigenvalue weighted by atomic mass is 9.91. The standard InChI is InChI=1S/C22H22Cl2N2O4/c1-12(2)19-18(21(27)29-3)20(26-22(28)25-19)13-7-9-14(10-8-13)30-11-15-16(23)5-4-6-17(15)24/h4-10,12,20H,11H2,1-3H3,(H2,25,26,28). The second-order valence-corrected chi connectivity index (χ2v) is 7.88. The molecule has 0 radical (unpaired) electrons. The van der Waals surface area contributed by atoms with E-state index in [9.17, 15) is 9.59 Å². The molecular weight excluding hydrogens is 427 g/mol. The van der Waals surface area contributed by atoms with Crippen molar-refractivity contribution in [2.45, 2.75) is 26.5 Å². The molecule has 8 heteroatoms. The van der Waals surface area contributed by atoms with E-state index >= 15 is 0 Å². The number of benzene rings is 2. The van der Waals surface area contributed by atoms with E-state index in [0.717, 1.165) is 5.56 Å². The van der Waals surface area contributed by atoms with Crippen LogP contribution in [0.3, 0.4) is 0 Å². The number of carbonyl (C=O) groups excluding carboxylic acids is 2. The highest BCUT2D eigenvalue weighted by Gasteiger charge is 2.34. The second kappa shape index (κ2) is 9.41. The van der Waals surface area contributed by atoms with Crippen LogP contribution >= 0.6 is 23.2 Å². The number of nitrogens with one attached hydrogen (secondary N) is 2. The highest BCUT2D eigenvalue weighted by Crippen LogP contribution is 2.32. The number of esters is 1. The lowest BCUT2D eigenvalue weighted by Crippen LogP contribution is -2.47. The molecule has 1 aliphatic rings. The minimum atomic E-state index is -0.629. The van der Waals surface area contributed by atoms with E-state index in [2.05, 4.69) is 10.6 Å². The SMILES string of the molecule is COC(=O)C1=C(C(C)C)NC(=O)NC1c1ccc(OCc2c(Cl)cccc2Cl)cc1. The molecule has 6 nitrogen and oxygen atoms in total. The van der Waals surface area contributed by atoms with Crippen LogP contribution in [-0.2, 0) is 16.1 Å². The molecule has 2 amide bonds. The van der Waals surface area contributed by atoms with Crippen molar-refractivity contribution in [3.63, 3.8) is 0 Å². The number of ether oxygens (including phenoxy) is 2. The van der Waals surface area contributed by atoms with Gasteiger partial charge >= 0.3 is 12.0 Å². The summed E-state index contributed by atoms with van der Waals surface area (Å²) < 4.78 is 10.8. The van der Waals surface area contributed by atoms with Crippen LogP contribution in [0.15, 0.2) is 53.7 Å². The summed E-state index contributed by atoms with van der Waals surface area (Å²) in [6, 6.07) is 11.4. The fourth-order valence-corrected chi connectivity index (χ4v) is 3.72. The lowest BCUT2D eigenvalue weighted by molar-refractivity contribution is -0.136. The van der Waals surface area contributed by atoms with Crippen molar-refractivity contribution in [1.29, 1.82) is 0 Å². The average molecular weight is 449 g/mol. The predicted molar refractivity (Wildman–Crippen MR) is 116 cm³/mol. The molecule has 0 saturated carbocycles. The highest BCUT2D eigenvalue weighted by molar-refractivity contribution is 6.35. The van der Waals surface area contributed by atoms with Crippen molar-refractivity contribution < 1.29 is 19.1 Å². The van der Waals surface area contributed by atoms with Gasteiger partial charge in [-0.3, -0.25) is 0 Å². The third kappa shape index (κ3) is 4.71. The number of rotatable bonds is 6. The van der Waals surface area contributed by atoms with Crippen LogP contribution in [0, 0.1) is 5.92 Å². The Morgan fingerprint density at radius 1 is 1.10 bits per heavy atom. The molecule has 1 heterocycles. The topological polar surface area (TPSA) is 76.7 Å². The number of allylic oxidation sites excluding steroid dienone is 1. The molecule has 0 spiro atoms. The van der Waals surface area contributed by atoms with Gasteiger partial charge in [0.25, 0.3) is 0 Å². The van der Waals surface area contributed by atoms with Crippen molar-refractivity contribution in [3.05, 3.63) is 74.9 Å². The number of hydrogen-bond donors (Lipinski definition) is 2. The predicted octanol–water partition coefficient (Wildman–Crippen LogP) is 5.01. The highest BCUT2D eigenvalue weighted by atomic mass is 35.5. The maximum Gasteiger partial charge on any atom is 0.337 e. The molecule has 158 valence electrons. The van der Waals surface area contributed by atoms with E-state index in [1.54, 1.807) is 42.5 Å². The zero-order chi connectivity index (χ0) is 21.8. The molecule has 2 aromatic rings. The fourth-order valence-electron chi connectivity index (χ4n) is 3.21. The van der Waals surface area contributed by atoms with Crippen LogP contribution in [0.1, 0.15) is 31.0 Å². The summed E-state index contributed by atoms with van der Waals surface area (Å²) in [6.45, 7) is 4.02. The minimum Gasteiger partial charge on any atom is -0.489 e. The number of amides is 2. The Hall–Kier alpha value is -2.70. The third-order valence-corrected chi connectivity index (χ3v) is 5.45. The van der Waals surface area contributed by atoms with Gasteiger partial charge < -0.3 is 20.1 Å². The third-order valence-electron chi connectivity index (χ3n) is 4.74. The van der Waals surface area contributed by atoms with Crippen LogP contribution in [0.2, 0.25) is 10.0 Å². The normalized spacial score (nSPS) is 16.2. The molecule has 0 aromatic heterocycles. The summed E-state index contributed by atoms with van der Waals surface area (Å²) in [7, 11) is 1.32. The van der Waals surface area contributed by atoms with Gasteiger partial charge in [-0.05, 0) is 35.7 Å². The Labute approximate surface area is 185 Å². The van der Waals surface area contributed by atoms with Gasteiger partial charge in [-0.1, -0.05) is 55.2 Å². The summed E-state index contributed by atoms with van der Waals surface area (Å²) in [4.78, 5) is 24.6. The zero-order valence-corrected chi connectivity index (χ0v) is 18.3. The Bertz CT molecular complexity index is 967. The number of urea groups is 1. The summed E-state index contributed by atoms with van der Waals surface area (Å²) >= 11 is 12.4. The van der Waals surface area contributed by atoms with Crippen molar-refractivity contribution >= 4 is 35.2 Å². The van der Waals surface area contributed by atoms with Crippen LogP contribution in [0.5, 0.6) is 5.75 Å². The van der Waals surface area contributed by atoms with Gasteiger partial charge in [0.05, 0.1) is 18.7 Å². The molecular formula is C22H22Cl2N2O4. The first-order valence-electron chi connectivity index (χ1n) is 9.37. The molecule has 3 rings (SSSR count). The average Bonchev–Trinajstić information content (AvgIpc) is 2.72. The molecule has 2 N–H and O–H groups in total. The van der Waals surface area contributed by atoms with Gasteiger partial charge in [-0.25, -0.2) is 9.59 Å². The number of halogens is 2. The second-order valence-electron chi connectivity index (χ2n) is 7.06. The van der Waals surface area contributed by atoms with Gasteiger partial charge in [-0.2, -0.15) is 0 Å². The van der Waals surface area contributed by atoms with E-state index < -0.39 is 12.0 Å². The van der Waals surface area contributed by atoms with E-state index in [4.69, 9.17) is 32.7 Å².